The van der Waals surface area contributed by atoms with E-state index in [4.69, 9.17) is 14.2 Å². The Bertz CT molecular complexity index is 680. The number of carbonyl (C=O) groups is 3. The number of likely N-dealkylation sites (tertiary alicyclic amines) is 1. The minimum Gasteiger partial charge on any atom is -0.467 e. The lowest BCUT2D eigenvalue weighted by atomic mass is 9.78. The summed E-state index contributed by atoms with van der Waals surface area (Å²) in [4.78, 5) is 40.2. The van der Waals surface area contributed by atoms with Crippen LogP contribution in [0.3, 0.4) is 0 Å². The van der Waals surface area contributed by atoms with Crippen LogP contribution < -0.4 is 5.32 Å². The molecule has 164 valence electrons. The van der Waals surface area contributed by atoms with Crippen LogP contribution in [-0.2, 0) is 23.8 Å². The third-order valence-electron chi connectivity index (χ3n) is 6.09. The monoisotopic (exact) mass is 410 g/mol. The number of alkyl carbamates (subject to hydrolysis) is 1. The molecule has 0 aromatic rings. The highest BCUT2D eigenvalue weighted by atomic mass is 16.6. The summed E-state index contributed by atoms with van der Waals surface area (Å²) >= 11 is 0. The number of nitrogens with one attached hydrogen (secondary N) is 1. The van der Waals surface area contributed by atoms with Crippen molar-refractivity contribution in [2.45, 2.75) is 84.3 Å². The lowest BCUT2D eigenvalue weighted by Crippen LogP contribution is -2.58. The summed E-state index contributed by atoms with van der Waals surface area (Å²) in [7, 11) is 1.34. The Morgan fingerprint density at radius 3 is 2.24 bits per heavy atom. The standard InChI is InChI=1S/C21H34N2O6/c1-20(2,3)16(22-19(26)29-21(4,5)6)17(24)23-10-11-12-8-9-13(28-12)14(11)15(23)18(25)27-7/h11-16H,8-10H2,1-7H3,(H,22,26)/t11-,12+,13-,14-,15+,16-/m1/s1. The number of fused-ring (bicyclic) bond motifs is 5. The Hall–Kier alpha value is -1.83. The van der Waals surface area contributed by atoms with Crippen LogP contribution in [0.25, 0.3) is 0 Å². The molecular weight excluding hydrogens is 376 g/mol. The summed E-state index contributed by atoms with van der Waals surface area (Å²) in [5.41, 5.74) is -1.24. The van der Waals surface area contributed by atoms with Crippen molar-refractivity contribution in [2.24, 2.45) is 17.3 Å². The van der Waals surface area contributed by atoms with Crippen LogP contribution in [0.4, 0.5) is 4.79 Å². The van der Waals surface area contributed by atoms with Crippen LogP contribution >= 0.6 is 0 Å². The maximum absolute atomic E-state index is 13.6. The molecule has 3 aliphatic heterocycles. The quantitative estimate of drug-likeness (QED) is 0.716. The van der Waals surface area contributed by atoms with Crippen LogP contribution in [-0.4, -0.2) is 66.4 Å². The summed E-state index contributed by atoms with van der Waals surface area (Å²) in [6, 6.07) is -1.51. The summed E-state index contributed by atoms with van der Waals surface area (Å²) < 4.78 is 16.4. The summed E-state index contributed by atoms with van der Waals surface area (Å²) in [5.74, 6) is -0.629. The van der Waals surface area contributed by atoms with Gasteiger partial charge >= 0.3 is 12.1 Å². The second-order valence-corrected chi connectivity index (χ2v) is 10.4. The van der Waals surface area contributed by atoms with Gasteiger partial charge in [0.1, 0.15) is 17.7 Å². The van der Waals surface area contributed by atoms with E-state index in [-0.39, 0.29) is 30.0 Å². The molecule has 0 aliphatic carbocycles. The molecular formula is C21H34N2O6. The molecule has 3 aliphatic rings. The van der Waals surface area contributed by atoms with Crippen molar-refractivity contribution in [3.63, 3.8) is 0 Å². The van der Waals surface area contributed by atoms with Gasteiger partial charge in [0.05, 0.1) is 19.3 Å². The van der Waals surface area contributed by atoms with Gasteiger partial charge in [0.25, 0.3) is 0 Å². The molecule has 2 bridgehead atoms. The lowest BCUT2D eigenvalue weighted by Gasteiger charge is -2.36. The van der Waals surface area contributed by atoms with E-state index in [0.29, 0.717) is 6.54 Å². The van der Waals surface area contributed by atoms with Gasteiger partial charge in [0.2, 0.25) is 5.91 Å². The molecule has 0 aromatic heterocycles. The highest BCUT2D eigenvalue weighted by molar-refractivity contribution is 5.91. The maximum atomic E-state index is 13.6. The first-order valence-electron chi connectivity index (χ1n) is 10.4. The van der Waals surface area contributed by atoms with Crippen molar-refractivity contribution < 1.29 is 28.6 Å². The minimum atomic E-state index is -0.832. The predicted octanol–water partition coefficient (Wildman–Crippen LogP) is 2.10. The van der Waals surface area contributed by atoms with Crippen LogP contribution in [0.5, 0.6) is 0 Å². The van der Waals surface area contributed by atoms with E-state index in [1.807, 2.05) is 20.8 Å². The maximum Gasteiger partial charge on any atom is 0.408 e. The van der Waals surface area contributed by atoms with Crippen molar-refractivity contribution in [2.75, 3.05) is 13.7 Å². The molecule has 0 unspecified atom stereocenters. The van der Waals surface area contributed by atoms with Gasteiger partial charge in [-0.3, -0.25) is 4.79 Å². The zero-order valence-corrected chi connectivity index (χ0v) is 18.5. The number of ether oxygens (including phenoxy) is 3. The third kappa shape index (κ3) is 4.22. The SMILES string of the molecule is COC(=O)[C@@H]1[C@@H]2[C@H](CN1C(=O)[C@@H](NC(=O)OC(C)(C)C)C(C)(C)C)[C@@H]1CC[C@H]2O1. The number of esters is 1. The van der Waals surface area contributed by atoms with E-state index in [0.717, 1.165) is 12.8 Å². The molecule has 3 fully saturated rings. The van der Waals surface area contributed by atoms with Gasteiger partial charge in [-0.2, -0.15) is 0 Å². The lowest BCUT2D eigenvalue weighted by molar-refractivity contribution is -0.155. The Labute approximate surface area is 172 Å². The van der Waals surface area contributed by atoms with E-state index in [1.165, 1.54) is 7.11 Å². The van der Waals surface area contributed by atoms with E-state index >= 15 is 0 Å². The molecule has 1 N–H and O–H groups in total. The molecule has 3 heterocycles. The fourth-order valence-corrected chi connectivity index (χ4v) is 4.91. The van der Waals surface area contributed by atoms with Gasteiger partial charge < -0.3 is 24.4 Å². The van der Waals surface area contributed by atoms with E-state index < -0.39 is 35.2 Å². The molecule has 2 amide bonds. The number of nitrogens with zero attached hydrogens (tertiary/aromatic N) is 1. The molecule has 6 atom stereocenters. The van der Waals surface area contributed by atoms with Gasteiger partial charge in [-0.05, 0) is 39.0 Å². The van der Waals surface area contributed by atoms with Crippen LogP contribution in [0, 0.1) is 17.3 Å². The molecule has 0 saturated carbocycles. The molecule has 0 spiro atoms. The topological polar surface area (TPSA) is 94.2 Å². The first-order chi connectivity index (χ1) is 13.3. The zero-order valence-electron chi connectivity index (χ0n) is 18.5. The number of amides is 2. The Morgan fingerprint density at radius 2 is 1.69 bits per heavy atom. The zero-order chi connectivity index (χ0) is 21.7. The van der Waals surface area contributed by atoms with Crippen molar-refractivity contribution >= 4 is 18.0 Å². The first kappa shape index (κ1) is 21.9. The number of methoxy groups -OCH3 is 1. The van der Waals surface area contributed by atoms with Crippen molar-refractivity contribution in [3.8, 4) is 0 Å². The van der Waals surface area contributed by atoms with Crippen LogP contribution in [0.15, 0.2) is 0 Å². The van der Waals surface area contributed by atoms with Crippen molar-refractivity contribution in [1.82, 2.24) is 10.2 Å². The Balaban J connectivity index is 1.84. The smallest absolute Gasteiger partial charge is 0.408 e. The van der Waals surface area contributed by atoms with Gasteiger partial charge in [0.15, 0.2) is 0 Å². The number of carbonyl (C=O) groups excluding carboxylic acids is 3. The van der Waals surface area contributed by atoms with Crippen molar-refractivity contribution in [1.29, 1.82) is 0 Å². The second-order valence-electron chi connectivity index (χ2n) is 10.4. The molecule has 0 aromatic carbocycles. The van der Waals surface area contributed by atoms with E-state index in [9.17, 15) is 14.4 Å². The van der Waals surface area contributed by atoms with Crippen LogP contribution in [0.1, 0.15) is 54.4 Å². The Kier molecular flexibility index (Phi) is 5.62. The normalized spacial score (nSPS) is 32.0. The largest absolute Gasteiger partial charge is 0.467 e. The Morgan fingerprint density at radius 1 is 1.07 bits per heavy atom. The number of hydrogen-bond acceptors (Lipinski definition) is 6. The van der Waals surface area contributed by atoms with E-state index in [2.05, 4.69) is 5.32 Å². The van der Waals surface area contributed by atoms with Gasteiger partial charge in [-0.25, -0.2) is 9.59 Å². The van der Waals surface area contributed by atoms with E-state index in [1.54, 1.807) is 25.7 Å². The third-order valence-corrected chi connectivity index (χ3v) is 6.09. The van der Waals surface area contributed by atoms with Crippen molar-refractivity contribution in [3.05, 3.63) is 0 Å². The average molecular weight is 411 g/mol. The molecule has 29 heavy (non-hydrogen) atoms. The molecule has 8 heteroatoms. The molecule has 8 nitrogen and oxygen atoms in total. The summed E-state index contributed by atoms with van der Waals surface area (Å²) in [6.45, 7) is 11.4. The highest BCUT2D eigenvalue weighted by Gasteiger charge is 2.61. The molecule has 3 saturated heterocycles. The van der Waals surface area contributed by atoms with Gasteiger partial charge in [-0.15, -0.1) is 0 Å². The second kappa shape index (κ2) is 7.45. The summed E-state index contributed by atoms with van der Waals surface area (Å²) in [6.07, 6.45) is 1.28. The predicted molar refractivity (Wildman–Crippen MR) is 105 cm³/mol. The highest BCUT2D eigenvalue weighted by Crippen LogP contribution is 2.50. The molecule has 3 rings (SSSR count). The fraction of sp³-hybridized carbons (Fsp3) is 0.857. The fourth-order valence-electron chi connectivity index (χ4n) is 4.91. The first-order valence-corrected chi connectivity index (χ1v) is 10.4. The molecule has 0 radical (unpaired) electrons. The van der Waals surface area contributed by atoms with Crippen LogP contribution in [0.2, 0.25) is 0 Å². The van der Waals surface area contributed by atoms with Gasteiger partial charge in [0, 0.05) is 18.4 Å². The minimum absolute atomic E-state index is 0.0150. The number of rotatable bonds is 3. The summed E-state index contributed by atoms with van der Waals surface area (Å²) in [5, 5.41) is 2.74. The number of hydrogen-bond donors (Lipinski definition) is 1. The van der Waals surface area contributed by atoms with Gasteiger partial charge in [-0.1, -0.05) is 20.8 Å². The average Bonchev–Trinajstić information content (AvgIpc) is 3.27.